The van der Waals surface area contributed by atoms with Gasteiger partial charge in [0.2, 0.25) is 0 Å². The van der Waals surface area contributed by atoms with Gasteiger partial charge < -0.3 is 19.5 Å². The van der Waals surface area contributed by atoms with Crippen molar-refractivity contribution in [3.63, 3.8) is 0 Å². The Morgan fingerprint density at radius 3 is 2.59 bits per heavy atom. The van der Waals surface area contributed by atoms with E-state index >= 15 is 0 Å². The fourth-order valence-electron chi connectivity index (χ4n) is 4.90. The van der Waals surface area contributed by atoms with Crippen molar-refractivity contribution in [2.24, 2.45) is 5.92 Å². The molecule has 7 nitrogen and oxygen atoms in total. The average Bonchev–Trinajstić information content (AvgIpc) is 2.94. The highest BCUT2D eigenvalue weighted by atomic mass is 79.9. The summed E-state index contributed by atoms with van der Waals surface area (Å²) in [5.74, 6) is -0.0749. The first-order valence-corrected chi connectivity index (χ1v) is 15.0. The minimum atomic E-state index is -1.06. The maximum Gasteiger partial charge on any atom is 0.323 e. The van der Waals surface area contributed by atoms with Gasteiger partial charge in [0.15, 0.2) is 0 Å². The minimum Gasteiger partial charge on any atom is -0.491 e. The van der Waals surface area contributed by atoms with E-state index in [0.29, 0.717) is 43.5 Å². The quantitative estimate of drug-likeness (QED) is 0.331. The molecule has 3 aromatic rings. The highest BCUT2D eigenvalue weighted by Gasteiger charge is 2.21. The lowest BCUT2D eigenvalue weighted by atomic mass is 9.99. The Morgan fingerprint density at radius 2 is 1.80 bits per heavy atom. The smallest absolute Gasteiger partial charge is 0.323 e. The molecule has 2 bridgehead atoms. The number of carboxylic acids is 1. The van der Waals surface area contributed by atoms with Crippen molar-refractivity contribution in [2.75, 3.05) is 39.5 Å². The third-order valence-electron chi connectivity index (χ3n) is 7.09. The molecule has 0 spiro atoms. The molecule has 41 heavy (non-hydrogen) atoms. The summed E-state index contributed by atoms with van der Waals surface area (Å²) in [6.45, 7) is 8.51. The van der Waals surface area contributed by atoms with Crippen molar-refractivity contribution in [1.29, 1.82) is 0 Å². The Bertz CT molecular complexity index is 1330. The van der Waals surface area contributed by atoms with Gasteiger partial charge >= 0.3 is 5.97 Å². The predicted molar refractivity (Wildman–Crippen MR) is 163 cm³/mol. The number of aliphatic carboxylic acids is 1. The van der Waals surface area contributed by atoms with Crippen LogP contribution in [0.2, 0.25) is 0 Å². The Hall–Kier alpha value is -3.20. The third kappa shape index (κ3) is 9.42. The van der Waals surface area contributed by atoms with E-state index in [1.165, 1.54) is 10.5 Å². The van der Waals surface area contributed by atoms with Crippen molar-refractivity contribution in [3.05, 3.63) is 99.0 Å². The lowest BCUT2D eigenvalue weighted by Gasteiger charge is -2.24. The van der Waals surface area contributed by atoms with E-state index < -0.39 is 12.5 Å². The van der Waals surface area contributed by atoms with Gasteiger partial charge in [-0.05, 0) is 65.4 Å². The molecule has 0 saturated heterocycles. The van der Waals surface area contributed by atoms with Crippen LogP contribution in [0.25, 0.3) is 0 Å². The SMILES string of the molecule is CC(C)CCN1CCOCCOc2ccc(C(=O)N(CC(=O)O)Cc3ccccc3Br)cc2Cc2cccc(c2)C1. The number of carbonyl (C=O) groups is 2. The molecular weight excluding hydrogens is 584 g/mol. The van der Waals surface area contributed by atoms with E-state index in [2.05, 4.69) is 58.9 Å². The fraction of sp³-hybridized carbons (Fsp3) is 0.394. The van der Waals surface area contributed by atoms with Gasteiger partial charge in [0.25, 0.3) is 5.91 Å². The number of hydrogen-bond donors (Lipinski definition) is 1. The number of rotatable bonds is 8. The number of benzene rings is 3. The molecule has 0 aliphatic carbocycles. The standard InChI is InChI=1S/C33H39BrN2O5/c1-24(2)12-13-35-14-15-40-16-17-41-31-11-10-27(20-29(31)19-25-6-5-7-26(18-25)21-35)33(39)36(23-32(37)38)22-28-8-3-4-9-30(28)34/h3-11,18,20,24H,12-17,19,21-23H2,1-2H3,(H,37,38). The van der Waals surface area contributed by atoms with Gasteiger partial charge in [0, 0.05) is 36.1 Å². The Balaban J connectivity index is 1.61. The number of ether oxygens (including phenoxy) is 2. The van der Waals surface area contributed by atoms with Gasteiger partial charge in [0.05, 0.1) is 13.2 Å². The minimum absolute atomic E-state index is 0.173. The van der Waals surface area contributed by atoms with Crippen LogP contribution in [0.5, 0.6) is 5.75 Å². The van der Waals surface area contributed by atoms with Crippen molar-refractivity contribution < 1.29 is 24.2 Å². The van der Waals surface area contributed by atoms with E-state index in [0.717, 1.165) is 47.2 Å². The van der Waals surface area contributed by atoms with Gasteiger partial charge in [-0.1, -0.05) is 72.2 Å². The molecule has 1 N–H and O–H groups in total. The fourth-order valence-corrected chi connectivity index (χ4v) is 5.31. The molecule has 218 valence electrons. The predicted octanol–water partition coefficient (Wildman–Crippen LogP) is 6.02. The second-order valence-corrected chi connectivity index (χ2v) is 11.7. The largest absolute Gasteiger partial charge is 0.491 e. The zero-order chi connectivity index (χ0) is 29.2. The lowest BCUT2D eigenvalue weighted by molar-refractivity contribution is -0.137. The second-order valence-electron chi connectivity index (χ2n) is 10.9. The van der Waals surface area contributed by atoms with Crippen molar-refractivity contribution >= 4 is 27.8 Å². The summed E-state index contributed by atoms with van der Waals surface area (Å²) in [6.07, 6.45) is 1.72. The number of fused-ring (bicyclic) bond motifs is 3. The van der Waals surface area contributed by atoms with Crippen molar-refractivity contribution in [3.8, 4) is 5.75 Å². The number of carboxylic acid groups (broad SMARTS) is 1. The zero-order valence-electron chi connectivity index (χ0n) is 23.9. The summed E-state index contributed by atoms with van der Waals surface area (Å²) < 4.78 is 12.8. The first-order valence-electron chi connectivity index (χ1n) is 14.2. The molecule has 1 heterocycles. The molecule has 1 aliphatic rings. The molecule has 4 rings (SSSR count). The summed E-state index contributed by atoms with van der Waals surface area (Å²) in [7, 11) is 0. The van der Waals surface area contributed by atoms with E-state index in [9.17, 15) is 14.7 Å². The van der Waals surface area contributed by atoms with Crippen LogP contribution in [0.1, 0.15) is 52.9 Å². The number of halogens is 1. The highest BCUT2D eigenvalue weighted by Crippen LogP contribution is 2.26. The Morgan fingerprint density at radius 1 is 1.00 bits per heavy atom. The number of carbonyl (C=O) groups excluding carboxylic acids is 1. The van der Waals surface area contributed by atoms with Crippen LogP contribution >= 0.6 is 15.9 Å². The van der Waals surface area contributed by atoms with Gasteiger partial charge in [-0.3, -0.25) is 14.5 Å². The van der Waals surface area contributed by atoms with Crippen LogP contribution in [0.4, 0.5) is 0 Å². The summed E-state index contributed by atoms with van der Waals surface area (Å²) >= 11 is 3.51. The van der Waals surface area contributed by atoms with Crippen LogP contribution in [-0.4, -0.2) is 66.2 Å². The van der Waals surface area contributed by atoms with Crippen LogP contribution < -0.4 is 4.74 Å². The average molecular weight is 624 g/mol. The summed E-state index contributed by atoms with van der Waals surface area (Å²) in [4.78, 5) is 29.1. The lowest BCUT2D eigenvalue weighted by Crippen LogP contribution is -2.35. The summed E-state index contributed by atoms with van der Waals surface area (Å²) in [5.41, 5.74) is 4.50. The van der Waals surface area contributed by atoms with Crippen LogP contribution in [0.15, 0.2) is 71.2 Å². The Labute approximate surface area is 251 Å². The topological polar surface area (TPSA) is 79.3 Å². The molecular formula is C33H39BrN2O5. The first-order chi connectivity index (χ1) is 19.8. The number of amides is 1. The molecule has 3 aromatic carbocycles. The first kappa shape index (κ1) is 30.8. The monoisotopic (exact) mass is 622 g/mol. The maximum absolute atomic E-state index is 13.6. The molecule has 0 radical (unpaired) electrons. The highest BCUT2D eigenvalue weighted by molar-refractivity contribution is 9.10. The number of hydrogen-bond acceptors (Lipinski definition) is 5. The molecule has 1 aliphatic heterocycles. The number of nitrogens with zero attached hydrogens (tertiary/aromatic N) is 2. The zero-order valence-corrected chi connectivity index (χ0v) is 25.4. The van der Waals surface area contributed by atoms with E-state index in [1.807, 2.05) is 36.4 Å². The van der Waals surface area contributed by atoms with E-state index in [-0.39, 0.29) is 12.5 Å². The molecule has 0 atom stereocenters. The van der Waals surface area contributed by atoms with Crippen LogP contribution in [-0.2, 0) is 29.0 Å². The van der Waals surface area contributed by atoms with Crippen LogP contribution in [0, 0.1) is 5.92 Å². The van der Waals surface area contributed by atoms with Crippen molar-refractivity contribution in [1.82, 2.24) is 9.80 Å². The normalized spacial score (nSPS) is 14.5. The molecule has 0 aromatic heterocycles. The van der Waals surface area contributed by atoms with E-state index in [4.69, 9.17) is 9.47 Å². The van der Waals surface area contributed by atoms with Crippen LogP contribution in [0.3, 0.4) is 0 Å². The van der Waals surface area contributed by atoms with Gasteiger partial charge in [-0.2, -0.15) is 0 Å². The maximum atomic E-state index is 13.6. The summed E-state index contributed by atoms with van der Waals surface area (Å²) in [5, 5.41) is 9.55. The molecule has 1 amide bonds. The summed E-state index contributed by atoms with van der Waals surface area (Å²) in [6, 6.07) is 21.4. The van der Waals surface area contributed by atoms with Gasteiger partial charge in [-0.15, -0.1) is 0 Å². The molecule has 8 heteroatoms. The van der Waals surface area contributed by atoms with Gasteiger partial charge in [0.1, 0.15) is 18.9 Å². The molecule has 0 saturated carbocycles. The molecule has 0 unspecified atom stereocenters. The van der Waals surface area contributed by atoms with E-state index in [1.54, 1.807) is 6.07 Å². The Kier molecular flexibility index (Phi) is 11.4. The van der Waals surface area contributed by atoms with Gasteiger partial charge in [-0.25, -0.2) is 0 Å². The second kappa shape index (κ2) is 15.1. The third-order valence-corrected chi connectivity index (χ3v) is 7.87. The molecule has 0 fully saturated rings. The van der Waals surface area contributed by atoms with Crippen molar-refractivity contribution in [2.45, 2.75) is 39.8 Å².